The summed E-state index contributed by atoms with van der Waals surface area (Å²) in [4.78, 5) is 12.6. The number of pyridine rings is 1. The van der Waals surface area contributed by atoms with Crippen LogP contribution in [-0.4, -0.2) is 15.0 Å². The summed E-state index contributed by atoms with van der Waals surface area (Å²) in [5.41, 5.74) is 8.17. The van der Waals surface area contributed by atoms with Gasteiger partial charge in [0.05, 0.1) is 0 Å². The molecule has 0 fully saturated rings. The van der Waals surface area contributed by atoms with E-state index in [0.29, 0.717) is 0 Å². The number of fused-ring (bicyclic) bond motifs is 1. The highest BCUT2D eigenvalue weighted by atomic mass is 32.1. The van der Waals surface area contributed by atoms with E-state index in [-0.39, 0.29) is 0 Å². The van der Waals surface area contributed by atoms with Gasteiger partial charge in [-0.25, -0.2) is 9.97 Å². The molecule has 0 aliphatic carbocycles. The first-order chi connectivity index (χ1) is 14.2. The van der Waals surface area contributed by atoms with Crippen LogP contribution in [0.1, 0.15) is 16.1 Å². The number of hydrogen-bond acceptors (Lipinski definition) is 3. The van der Waals surface area contributed by atoms with Crippen molar-refractivity contribution in [2.45, 2.75) is 20.4 Å². The number of imidazole rings is 1. The Balaban J connectivity index is 1.43. The van der Waals surface area contributed by atoms with E-state index in [1.807, 2.05) is 17.6 Å². The minimum Gasteiger partial charge on any atom is -0.333 e. The molecule has 2 aromatic carbocycles. The van der Waals surface area contributed by atoms with E-state index in [4.69, 9.17) is 4.98 Å². The minimum absolute atomic E-state index is 0.770. The van der Waals surface area contributed by atoms with Crippen molar-refractivity contribution in [1.82, 2.24) is 15.0 Å². The van der Waals surface area contributed by atoms with Crippen LogP contribution in [0.5, 0.6) is 0 Å². The summed E-state index contributed by atoms with van der Waals surface area (Å²) in [6.07, 6.45) is 5.99. The third kappa shape index (κ3) is 3.57. The van der Waals surface area contributed by atoms with Gasteiger partial charge in [-0.15, -0.1) is 11.3 Å². The van der Waals surface area contributed by atoms with Crippen molar-refractivity contribution in [2.75, 3.05) is 0 Å². The highest BCUT2D eigenvalue weighted by Crippen LogP contribution is 2.26. The molecule has 0 bridgehead atoms. The molecule has 1 N–H and O–H groups in total. The first-order valence-corrected chi connectivity index (χ1v) is 10.5. The molecule has 0 saturated heterocycles. The van der Waals surface area contributed by atoms with Crippen LogP contribution in [0.15, 0.2) is 72.5 Å². The number of H-pyrrole nitrogens is 1. The molecule has 3 heterocycles. The van der Waals surface area contributed by atoms with Crippen molar-refractivity contribution in [2.24, 2.45) is 0 Å². The van der Waals surface area contributed by atoms with E-state index in [1.54, 1.807) is 11.3 Å². The number of rotatable bonds is 4. The standard InChI is InChI=1S/C24H20N4S/c1-16-3-4-20(13-17(16)2)18-5-7-19(8-6-18)24-26-21-9-11-28(14-22(21)27-24)15-23-25-10-12-29-23/h3-14H,15H2,1-2H3/p+1. The molecule has 0 unspecified atom stereocenters. The molecular weight excluding hydrogens is 376 g/mol. The van der Waals surface area contributed by atoms with Crippen LogP contribution in [0.4, 0.5) is 0 Å². The lowest BCUT2D eigenvalue weighted by molar-refractivity contribution is -0.687. The van der Waals surface area contributed by atoms with Crippen LogP contribution in [0.25, 0.3) is 33.5 Å². The molecule has 3 aromatic heterocycles. The first-order valence-electron chi connectivity index (χ1n) is 9.61. The molecule has 5 rings (SSSR count). The minimum atomic E-state index is 0.770. The average Bonchev–Trinajstić information content (AvgIpc) is 3.40. The van der Waals surface area contributed by atoms with Crippen LogP contribution in [-0.2, 0) is 6.54 Å². The normalized spacial score (nSPS) is 11.2. The Morgan fingerprint density at radius 3 is 2.48 bits per heavy atom. The lowest BCUT2D eigenvalue weighted by atomic mass is 9.99. The molecule has 5 heteroatoms. The van der Waals surface area contributed by atoms with Crippen molar-refractivity contribution >= 4 is 22.4 Å². The maximum absolute atomic E-state index is 4.77. The average molecular weight is 398 g/mol. The van der Waals surface area contributed by atoms with Gasteiger partial charge in [0.1, 0.15) is 16.9 Å². The Bertz CT molecular complexity index is 1280. The molecule has 0 aliphatic heterocycles. The number of hydrogen-bond donors (Lipinski definition) is 1. The van der Waals surface area contributed by atoms with Gasteiger partial charge in [0.15, 0.2) is 23.9 Å². The summed E-state index contributed by atoms with van der Waals surface area (Å²) in [5.74, 6) is 0.888. The van der Waals surface area contributed by atoms with Crippen molar-refractivity contribution < 1.29 is 4.57 Å². The van der Waals surface area contributed by atoms with Crippen LogP contribution in [0.3, 0.4) is 0 Å². The second kappa shape index (κ2) is 7.26. The summed E-state index contributed by atoms with van der Waals surface area (Å²) < 4.78 is 2.13. The van der Waals surface area contributed by atoms with Gasteiger partial charge in [0, 0.05) is 23.2 Å². The fourth-order valence-electron chi connectivity index (χ4n) is 3.46. The molecule has 0 saturated carbocycles. The molecule has 0 aliphatic rings. The summed E-state index contributed by atoms with van der Waals surface area (Å²) >= 11 is 1.67. The van der Waals surface area contributed by atoms with E-state index in [2.05, 4.69) is 83.2 Å². The maximum Gasteiger partial charge on any atom is 0.199 e. The van der Waals surface area contributed by atoms with Gasteiger partial charge in [0.2, 0.25) is 0 Å². The Morgan fingerprint density at radius 2 is 1.72 bits per heavy atom. The molecular formula is C24H21N4S+. The molecule has 0 amide bonds. The van der Waals surface area contributed by atoms with E-state index in [9.17, 15) is 0 Å². The Hall–Kier alpha value is -3.31. The number of nitrogens with zero attached hydrogens (tertiary/aromatic N) is 3. The quantitative estimate of drug-likeness (QED) is 0.418. The summed E-state index contributed by atoms with van der Waals surface area (Å²) in [6, 6.07) is 17.2. The van der Waals surface area contributed by atoms with Crippen molar-refractivity contribution in [3.05, 3.63) is 88.6 Å². The summed E-state index contributed by atoms with van der Waals surface area (Å²) in [6.45, 7) is 5.07. The van der Waals surface area contributed by atoms with Crippen molar-refractivity contribution in [1.29, 1.82) is 0 Å². The van der Waals surface area contributed by atoms with Gasteiger partial charge in [0.25, 0.3) is 0 Å². The van der Waals surface area contributed by atoms with Crippen LogP contribution >= 0.6 is 11.3 Å². The summed E-state index contributed by atoms with van der Waals surface area (Å²) in [7, 11) is 0. The van der Waals surface area contributed by atoms with E-state index >= 15 is 0 Å². The molecule has 29 heavy (non-hydrogen) atoms. The molecule has 142 valence electrons. The number of aromatic nitrogens is 4. The lowest BCUT2D eigenvalue weighted by Crippen LogP contribution is -2.33. The topological polar surface area (TPSA) is 45.5 Å². The highest BCUT2D eigenvalue weighted by molar-refractivity contribution is 7.09. The Labute approximate surface area is 173 Å². The SMILES string of the molecule is Cc1ccc(-c2ccc(-c3nc4cc[n+](Cc5nccs5)cc4[nH]3)cc2)cc1C. The van der Waals surface area contributed by atoms with Crippen LogP contribution in [0.2, 0.25) is 0 Å². The van der Waals surface area contributed by atoms with E-state index in [0.717, 1.165) is 34.0 Å². The zero-order chi connectivity index (χ0) is 19.8. The molecule has 0 radical (unpaired) electrons. The number of aromatic amines is 1. The molecule has 0 spiro atoms. The largest absolute Gasteiger partial charge is 0.333 e. The van der Waals surface area contributed by atoms with Crippen LogP contribution < -0.4 is 4.57 Å². The van der Waals surface area contributed by atoms with Gasteiger partial charge in [-0.05, 0) is 36.1 Å². The fraction of sp³-hybridized carbons (Fsp3) is 0.125. The van der Waals surface area contributed by atoms with Gasteiger partial charge in [-0.3, -0.25) is 0 Å². The smallest absolute Gasteiger partial charge is 0.199 e. The number of benzene rings is 2. The van der Waals surface area contributed by atoms with Gasteiger partial charge < -0.3 is 4.98 Å². The lowest BCUT2D eigenvalue weighted by Gasteiger charge is -2.06. The molecule has 4 nitrogen and oxygen atoms in total. The van der Waals surface area contributed by atoms with Gasteiger partial charge in [-0.1, -0.05) is 42.5 Å². The van der Waals surface area contributed by atoms with Crippen LogP contribution in [0, 0.1) is 13.8 Å². The Morgan fingerprint density at radius 1 is 0.931 bits per heavy atom. The second-order valence-electron chi connectivity index (χ2n) is 7.30. The fourth-order valence-corrected chi connectivity index (χ4v) is 4.09. The Kier molecular flexibility index (Phi) is 4.45. The number of aryl methyl sites for hydroxylation is 2. The van der Waals surface area contributed by atoms with Gasteiger partial charge >= 0.3 is 0 Å². The highest BCUT2D eigenvalue weighted by Gasteiger charge is 2.11. The van der Waals surface area contributed by atoms with Crippen molar-refractivity contribution in [3.8, 4) is 22.5 Å². The maximum atomic E-state index is 4.77. The second-order valence-corrected chi connectivity index (χ2v) is 8.28. The monoisotopic (exact) mass is 397 g/mol. The van der Waals surface area contributed by atoms with Crippen molar-refractivity contribution in [3.63, 3.8) is 0 Å². The molecule has 0 atom stereocenters. The molecule has 5 aromatic rings. The predicted molar refractivity (Wildman–Crippen MR) is 118 cm³/mol. The zero-order valence-electron chi connectivity index (χ0n) is 16.4. The number of thiazole rings is 1. The predicted octanol–water partition coefficient (Wildman–Crippen LogP) is 5.31. The third-order valence-corrected chi connectivity index (χ3v) is 6.04. The van der Waals surface area contributed by atoms with Gasteiger partial charge in [-0.2, -0.15) is 4.57 Å². The zero-order valence-corrected chi connectivity index (χ0v) is 17.2. The summed E-state index contributed by atoms with van der Waals surface area (Å²) in [5, 5.41) is 3.10. The van der Waals surface area contributed by atoms with E-state index < -0.39 is 0 Å². The third-order valence-electron chi connectivity index (χ3n) is 5.28. The first kappa shape index (κ1) is 17.8. The van der Waals surface area contributed by atoms with E-state index in [1.165, 1.54) is 22.3 Å². The number of nitrogens with one attached hydrogen (secondary N) is 1.